The van der Waals surface area contributed by atoms with E-state index < -0.39 is 11.7 Å². The highest BCUT2D eigenvalue weighted by atomic mass is 16.6. The van der Waals surface area contributed by atoms with Crippen LogP contribution in [0.4, 0.5) is 22.1 Å². The van der Waals surface area contributed by atoms with Crippen LogP contribution in [0, 0.1) is 5.92 Å². The normalized spacial score (nSPS) is 14.8. The Labute approximate surface area is 218 Å². The van der Waals surface area contributed by atoms with Gasteiger partial charge in [0.25, 0.3) is 0 Å². The van der Waals surface area contributed by atoms with E-state index in [2.05, 4.69) is 45.4 Å². The van der Waals surface area contributed by atoms with Crippen LogP contribution in [-0.4, -0.2) is 72.0 Å². The van der Waals surface area contributed by atoms with E-state index in [0.717, 1.165) is 60.9 Å². The Bertz CT molecular complexity index is 1240. The van der Waals surface area contributed by atoms with Crippen molar-refractivity contribution >= 4 is 28.9 Å². The van der Waals surface area contributed by atoms with Crippen molar-refractivity contribution in [3.63, 3.8) is 0 Å². The van der Waals surface area contributed by atoms with E-state index in [1.807, 2.05) is 37.4 Å². The number of nitrogens with one attached hydrogen (secondary N) is 1. The van der Waals surface area contributed by atoms with Crippen LogP contribution in [0.15, 0.2) is 30.6 Å². The first-order valence-corrected chi connectivity index (χ1v) is 12.8. The number of carbonyl (C=O) groups excluding carboxylic acids is 1. The van der Waals surface area contributed by atoms with E-state index in [1.165, 1.54) is 12.7 Å². The van der Waals surface area contributed by atoms with E-state index >= 15 is 0 Å². The summed E-state index contributed by atoms with van der Waals surface area (Å²) in [6.07, 6.45) is 4.47. The zero-order valence-corrected chi connectivity index (χ0v) is 22.7. The zero-order valence-electron chi connectivity index (χ0n) is 22.7. The molecule has 0 unspecified atom stereocenters. The van der Waals surface area contributed by atoms with Crippen LogP contribution >= 0.6 is 0 Å². The van der Waals surface area contributed by atoms with Gasteiger partial charge in [0.05, 0.1) is 12.8 Å². The molecule has 0 atom stereocenters. The molecule has 1 aliphatic rings. The molecule has 0 bridgehead atoms. The lowest BCUT2D eigenvalue weighted by molar-refractivity contribution is 0.0635. The Morgan fingerprint density at radius 2 is 1.95 bits per heavy atom. The van der Waals surface area contributed by atoms with E-state index in [0.29, 0.717) is 17.3 Å². The maximum absolute atomic E-state index is 12.3. The second kappa shape index (κ2) is 10.8. The van der Waals surface area contributed by atoms with Crippen LogP contribution in [0.3, 0.4) is 0 Å². The Morgan fingerprint density at radius 1 is 1.22 bits per heavy atom. The number of nitrogen functional groups attached to an aromatic ring is 1. The molecule has 3 aromatic rings. The number of ether oxygens (including phenoxy) is 2. The highest BCUT2D eigenvalue weighted by molar-refractivity contribution is 5.93. The summed E-state index contributed by atoms with van der Waals surface area (Å²) in [5.41, 5.74) is 8.82. The first-order valence-electron chi connectivity index (χ1n) is 12.8. The van der Waals surface area contributed by atoms with Crippen molar-refractivity contribution in [2.75, 3.05) is 56.8 Å². The van der Waals surface area contributed by atoms with Crippen LogP contribution in [0.5, 0.6) is 5.75 Å². The molecule has 0 aliphatic carbocycles. The fourth-order valence-electron chi connectivity index (χ4n) is 4.76. The molecule has 10 nitrogen and oxygen atoms in total. The van der Waals surface area contributed by atoms with Crippen molar-refractivity contribution in [1.82, 2.24) is 19.5 Å². The van der Waals surface area contributed by atoms with E-state index in [1.54, 1.807) is 13.2 Å². The fourth-order valence-corrected chi connectivity index (χ4v) is 4.76. The number of nitrogens with zero attached hydrogens (tertiary/aromatic N) is 5. The Hall–Kier alpha value is -3.53. The van der Waals surface area contributed by atoms with Crippen LogP contribution in [0.1, 0.15) is 40.0 Å². The zero-order chi connectivity index (χ0) is 26.7. The van der Waals surface area contributed by atoms with Gasteiger partial charge in [-0.2, -0.15) is 5.10 Å². The average molecular weight is 510 g/mol. The van der Waals surface area contributed by atoms with Crippen molar-refractivity contribution < 1.29 is 14.3 Å². The number of aromatic nitrogens is 3. The van der Waals surface area contributed by atoms with Crippen molar-refractivity contribution in [1.29, 1.82) is 0 Å². The van der Waals surface area contributed by atoms with Gasteiger partial charge in [0.1, 0.15) is 29.0 Å². The third kappa shape index (κ3) is 6.25. The number of methoxy groups -OCH3 is 1. The van der Waals surface area contributed by atoms with Gasteiger partial charge in [0, 0.05) is 18.7 Å². The number of nitrogens with two attached hydrogens (primary N) is 1. The quantitative estimate of drug-likeness (QED) is 0.479. The Kier molecular flexibility index (Phi) is 7.77. The molecule has 0 radical (unpaired) electrons. The summed E-state index contributed by atoms with van der Waals surface area (Å²) in [5.74, 6) is 2.66. The molecule has 0 spiro atoms. The highest BCUT2D eigenvalue weighted by Crippen LogP contribution is 2.38. The van der Waals surface area contributed by atoms with Crippen LogP contribution in [0.2, 0.25) is 0 Å². The number of anilines is 3. The maximum atomic E-state index is 12.3. The van der Waals surface area contributed by atoms with Crippen molar-refractivity contribution in [3.8, 4) is 16.9 Å². The van der Waals surface area contributed by atoms with Crippen LogP contribution < -0.4 is 20.7 Å². The van der Waals surface area contributed by atoms with Crippen molar-refractivity contribution in [3.05, 3.63) is 30.6 Å². The minimum absolute atomic E-state index is 0.409. The molecule has 1 saturated heterocycles. The van der Waals surface area contributed by atoms with Gasteiger partial charge in [-0.25, -0.2) is 14.3 Å². The molecule has 3 heterocycles. The lowest BCUT2D eigenvalue weighted by Gasteiger charge is -2.33. The van der Waals surface area contributed by atoms with Crippen LogP contribution in [-0.2, 0) is 4.74 Å². The summed E-state index contributed by atoms with van der Waals surface area (Å²) in [5, 5.41) is 7.32. The Balaban J connectivity index is 1.62. The molecule has 1 fully saturated rings. The number of carbonyl (C=O) groups is 1. The SMILES string of the molecule is COc1cc(-c2cc(N3CCC(CCN(C)C)CC3)n3ncnc(N)c23)ccc1NC(=O)OC(C)(C)C. The van der Waals surface area contributed by atoms with Crippen molar-refractivity contribution in [2.45, 2.75) is 45.6 Å². The smallest absolute Gasteiger partial charge is 0.412 e. The molecular formula is C27H39N7O3. The second-order valence-electron chi connectivity index (χ2n) is 10.9. The van der Waals surface area contributed by atoms with Gasteiger partial charge in [-0.1, -0.05) is 6.07 Å². The van der Waals surface area contributed by atoms with Gasteiger partial charge in [-0.15, -0.1) is 0 Å². The highest BCUT2D eigenvalue weighted by Gasteiger charge is 2.25. The third-order valence-electron chi connectivity index (χ3n) is 6.64. The first-order chi connectivity index (χ1) is 17.6. The lowest BCUT2D eigenvalue weighted by Crippen LogP contribution is -2.35. The number of hydrogen-bond acceptors (Lipinski definition) is 8. The number of rotatable bonds is 7. The first kappa shape index (κ1) is 26.5. The summed E-state index contributed by atoms with van der Waals surface area (Å²) in [7, 11) is 5.83. The number of fused-ring (bicyclic) bond motifs is 1. The van der Waals surface area contributed by atoms with Gasteiger partial charge in [0.15, 0.2) is 5.82 Å². The summed E-state index contributed by atoms with van der Waals surface area (Å²) < 4.78 is 12.9. The molecule has 3 N–H and O–H groups in total. The van der Waals surface area contributed by atoms with Crippen molar-refractivity contribution in [2.24, 2.45) is 5.92 Å². The van der Waals surface area contributed by atoms with Crippen LogP contribution in [0.25, 0.3) is 16.6 Å². The molecule has 0 saturated carbocycles. The molecule has 200 valence electrons. The molecule has 10 heteroatoms. The summed E-state index contributed by atoms with van der Waals surface area (Å²) >= 11 is 0. The van der Waals surface area contributed by atoms with E-state index in [9.17, 15) is 4.79 Å². The minimum atomic E-state index is -0.600. The number of benzene rings is 1. The van der Waals surface area contributed by atoms with E-state index in [4.69, 9.17) is 15.2 Å². The minimum Gasteiger partial charge on any atom is -0.495 e. The molecule has 1 aliphatic heterocycles. The second-order valence-corrected chi connectivity index (χ2v) is 10.9. The molecule has 2 aromatic heterocycles. The number of piperidine rings is 1. The van der Waals surface area contributed by atoms with E-state index in [-0.39, 0.29) is 0 Å². The summed E-state index contributed by atoms with van der Waals surface area (Å²) in [6, 6.07) is 7.73. The maximum Gasteiger partial charge on any atom is 0.412 e. The molecular weight excluding hydrogens is 470 g/mol. The fraction of sp³-hybridized carbons (Fsp3) is 0.519. The lowest BCUT2D eigenvalue weighted by atomic mass is 9.93. The molecule has 1 amide bonds. The molecule has 4 rings (SSSR count). The summed E-state index contributed by atoms with van der Waals surface area (Å²) in [4.78, 5) is 21.2. The molecule has 37 heavy (non-hydrogen) atoms. The predicted molar refractivity (Wildman–Crippen MR) is 147 cm³/mol. The topological polar surface area (TPSA) is 110 Å². The Morgan fingerprint density at radius 3 is 2.59 bits per heavy atom. The van der Waals surface area contributed by atoms with Gasteiger partial charge < -0.3 is 25.0 Å². The van der Waals surface area contributed by atoms with Gasteiger partial charge in [0.2, 0.25) is 0 Å². The van der Waals surface area contributed by atoms with Gasteiger partial charge in [-0.05, 0) is 90.4 Å². The molecule has 1 aromatic carbocycles. The monoisotopic (exact) mass is 509 g/mol. The largest absolute Gasteiger partial charge is 0.495 e. The number of hydrogen-bond donors (Lipinski definition) is 2. The third-order valence-corrected chi connectivity index (χ3v) is 6.64. The predicted octanol–water partition coefficient (Wildman–Crippen LogP) is 4.50. The standard InChI is InChI=1S/C27H39N7O3/c1-27(2,3)37-26(35)31-21-8-7-19(15-22(21)36-6)20-16-23(34-24(20)25(28)29-17-30-34)33-13-10-18(11-14-33)9-12-32(4)5/h7-8,15-18H,9-14H2,1-6H3,(H,31,35)(H2,28,29,30). The summed E-state index contributed by atoms with van der Waals surface area (Å²) in [6.45, 7) is 8.52. The van der Waals surface area contributed by atoms with Gasteiger partial charge >= 0.3 is 6.09 Å². The average Bonchev–Trinajstić information content (AvgIpc) is 3.23. The van der Waals surface area contributed by atoms with Gasteiger partial charge in [-0.3, -0.25) is 5.32 Å². The number of amides is 1.